The molecule has 0 atom stereocenters. The first kappa shape index (κ1) is 23.4. The lowest BCUT2D eigenvalue weighted by Crippen LogP contribution is -2.18. The van der Waals surface area contributed by atoms with Crippen LogP contribution in [0.3, 0.4) is 0 Å². The van der Waals surface area contributed by atoms with E-state index in [0.29, 0.717) is 29.2 Å². The second-order valence-corrected chi connectivity index (χ2v) is 7.79. The van der Waals surface area contributed by atoms with Crippen molar-refractivity contribution in [3.05, 3.63) is 131 Å². The Kier molecular flexibility index (Phi) is 7.66. The lowest BCUT2D eigenvalue weighted by atomic mass is 10.1. The Morgan fingerprint density at radius 1 is 0.829 bits per heavy atom. The fourth-order valence-corrected chi connectivity index (χ4v) is 3.22. The van der Waals surface area contributed by atoms with Gasteiger partial charge < -0.3 is 9.47 Å². The van der Waals surface area contributed by atoms with Crippen molar-refractivity contribution in [3.63, 3.8) is 0 Å². The maximum atomic E-state index is 12.6. The van der Waals surface area contributed by atoms with E-state index in [1.165, 1.54) is 6.21 Å². The Labute approximate surface area is 203 Å². The number of aryl methyl sites for hydroxylation is 1. The van der Waals surface area contributed by atoms with E-state index in [9.17, 15) is 9.59 Å². The summed E-state index contributed by atoms with van der Waals surface area (Å²) in [5.74, 6) is 0.0884. The van der Waals surface area contributed by atoms with Crippen LogP contribution in [0.4, 0.5) is 0 Å². The van der Waals surface area contributed by atoms with Crippen molar-refractivity contribution in [1.82, 2.24) is 5.43 Å². The molecule has 1 amide bonds. The second kappa shape index (κ2) is 11.4. The molecule has 0 unspecified atom stereocenters. The summed E-state index contributed by atoms with van der Waals surface area (Å²) in [5, 5.41) is 4.04. The van der Waals surface area contributed by atoms with Crippen LogP contribution in [-0.2, 0) is 6.61 Å². The quantitative estimate of drug-likeness (QED) is 0.160. The molecule has 6 nitrogen and oxygen atoms in total. The first-order chi connectivity index (χ1) is 17.1. The highest BCUT2D eigenvalue weighted by atomic mass is 16.5. The highest BCUT2D eigenvalue weighted by Gasteiger charge is 2.12. The largest absolute Gasteiger partial charge is 0.488 e. The number of nitrogens with zero attached hydrogens (tertiary/aromatic N) is 1. The molecule has 174 valence electrons. The van der Waals surface area contributed by atoms with Gasteiger partial charge in [-0.05, 0) is 66.6 Å². The van der Waals surface area contributed by atoms with Crippen LogP contribution in [0.5, 0.6) is 11.5 Å². The summed E-state index contributed by atoms with van der Waals surface area (Å²) in [6.07, 6.45) is 1.51. The maximum Gasteiger partial charge on any atom is 0.343 e. The van der Waals surface area contributed by atoms with E-state index in [1.54, 1.807) is 54.6 Å². The molecule has 0 fully saturated rings. The summed E-state index contributed by atoms with van der Waals surface area (Å²) in [7, 11) is 0. The molecule has 4 aromatic carbocycles. The van der Waals surface area contributed by atoms with Crippen molar-refractivity contribution in [2.75, 3.05) is 0 Å². The fourth-order valence-electron chi connectivity index (χ4n) is 3.22. The number of esters is 1. The van der Waals surface area contributed by atoms with Gasteiger partial charge in [0.15, 0.2) is 0 Å². The number of benzene rings is 4. The van der Waals surface area contributed by atoms with Gasteiger partial charge in [0.2, 0.25) is 0 Å². The predicted molar refractivity (Wildman–Crippen MR) is 135 cm³/mol. The lowest BCUT2D eigenvalue weighted by Gasteiger charge is -2.10. The lowest BCUT2D eigenvalue weighted by molar-refractivity contribution is 0.0734. The Bertz CT molecular complexity index is 1320. The molecule has 0 bridgehead atoms. The van der Waals surface area contributed by atoms with E-state index >= 15 is 0 Å². The third-order valence-electron chi connectivity index (χ3n) is 5.13. The zero-order valence-corrected chi connectivity index (χ0v) is 19.2. The van der Waals surface area contributed by atoms with Crippen LogP contribution < -0.4 is 14.9 Å². The van der Waals surface area contributed by atoms with Gasteiger partial charge in [-0.1, -0.05) is 60.2 Å². The fraction of sp³-hybridized carbons (Fsp3) is 0.0690. The second-order valence-electron chi connectivity index (χ2n) is 7.79. The van der Waals surface area contributed by atoms with E-state index in [0.717, 1.165) is 16.7 Å². The van der Waals surface area contributed by atoms with E-state index in [2.05, 4.69) is 10.5 Å². The SMILES string of the molecule is Cc1ccc(C(=O)Oc2ccc(C=NNC(=O)c3ccccc3OCc3ccccc3)cc2)cc1. The molecular formula is C29H24N2O4. The number of nitrogens with one attached hydrogen (secondary N) is 1. The number of hydrogen-bond donors (Lipinski definition) is 1. The number of para-hydroxylation sites is 1. The molecule has 1 N–H and O–H groups in total. The van der Waals surface area contributed by atoms with Crippen molar-refractivity contribution in [2.45, 2.75) is 13.5 Å². The van der Waals surface area contributed by atoms with Crippen molar-refractivity contribution in [3.8, 4) is 11.5 Å². The molecule has 0 spiro atoms. The summed E-state index contributed by atoms with van der Waals surface area (Å²) >= 11 is 0. The summed E-state index contributed by atoms with van der Waals surface area (Å²) in [5.41, 5.74) is 6.20. The van der Waals surface area contributed by atoms with Gasteiger partial charge in [-0.25, -0.2) is 10.2 Å². The average molecular weight is 465 g/mol. The maximum absolute atomic E-state index is 12.6. The molecule has 0 saturated carbocycles. The Balaban J connectivity index is 1.32. The molecule has 6 heteroatoms. The molecule has 0 heterocycles. The molecule has 35 heavy (non-hydrogen) atoms. The highest BCUT2D eigenvalue weighted by molar-refractivity contribution is 5.97. The third-order valence-corrected chi connectivity index (χ3v) is 5.13. The molecule has 0 aromatic heterocycles. The van der Waals surface area contributed by atoms with E-state index in [4.69, 9.17) is 9.47 Å². The number of amides is 1. The van der Waals surface area contributed by atoms with Gasteiger partial charge in [0.25, 0.3) is 5.91 Å². The topological polar surface area (TPSA) is 77.0 Å². The van der Waals surface area contributed by atoms with Crippen molar-refractivity contribution < 1.29 is 19.1 Å². The molecule has 0 aliphatic carbocycles. The average Bonchev–Trinajstić information content (AvgIpc) is 2.89. The minimum absolute atomic E-state index is 0.356. The molecule has 0 radical (unpaired) electrons. The third kappa shape index (κ3) is 6.65. The normalized spacial score (nSPS) is 10.7. The van der Waals surface area contributed by atoms with Crippen LogP contribution >= 0.6 is 0 Å². The van der Waals surface area contributed by atoms with Crippen LogP contribution in [0, 0.1) is 6.92 Å². The van der Waals surface area contributed by atoms with E-state index in [1.807, 2.05) is 55.5 Å². The van der Waals surface area contributed by atoms with Gasteiger partial charge in [-0.3, -0.25) is 4.79 Å². The minimum Gasteiger partial charge on any atom is -0.488 e. The monoisotopic (exact) mass is 464 g/mol. The van der Waals surface area contributed by atoms with Gasteiger partial charge in [-0.15, -0.1) is 0 Å². The number of hydrogen-bond acceptors (Lipinski definition) is 5. The first-order valence-electron chi connectivity index (χ1n) is 11.1. The van der Waals surface area contributed by atoms with Crippen molar-refractivity contribution in [1.29, 1.82) is 0 Å². The molecule has 4 aromatic rings. The van der Waals surface area contributed by atoms with Crippen LogP contribution in [0.2, 0.25) is 0 Å². The van der Waals surface area contributed by atoms with Crippen LogP contribution in [0.1, 0.15) is 37.4 Å². The number of rotatable bonds is 8. The molecule has 0 saturated heterocycles. The minimum atomic E-state index is -0.424. The standard InChI is InChI=1S/C29H24N2O4/c1-21-11-15-24(16-12-21)29(33)35-25-17-13-22(14-18-25)19-30-31-28(32)26-9-5-6-10-27(26)34-20-23-7-3-2-4-8-23/h2-19H,20H2,1H3,(H,31,32). The van der Waals surface area contributed by atoms with Crippen molar-refractivity contribution in [2.24, 2.45) is 5.10 Å². The summed E-state index contributed by atoms with van der Waals surface area (Å²) in [4.78, 5) is 24.9. The van der Waals surface area contributed by atoms with Gasteiger partial charge in [0.1, 0.15) is 18.1 Å². The van der Waals surface area contributed by atoms with Crippen LogP contribution in [0.25, 0.3) is 0 Å². The van der Waals surface area contributed by atoms with E-state index in [-0.39, 0.29) is 5.91 Å². The smallest absolute Gasteiger partial charge is 0.343 e. The predicted octanol–water partition coefficient (Wildman–Crippen LogP) is 5.56. The molecule has 4 rings (SSSR count). The number of hydrazone groups is 1. The molecule has 0 aliphatic heterocycles. The number of carbonyl (C=O) groups is 2. The number of carbonyl (C=O) groups excluding carboxylic acids is 2. The van der Waals surface area contributed by atoms with Gasteiger partial charge in [-0.2, -0.15) is 5.10 Å². The zero-order valence-electron chi connectivity index (χ0n) is 19.2. The summed E-state index contributed by atoms with van der Waals surface area (Å²) in [6, 6.07) is 30.7. The Hall–Kier alpha value is -4.71. The van der Waals surface area contributed by atoms with Crippen LogP contribution in [-0.4, -0.2) is 18.1 Å². The first-order valence-corrected chi connectivity index (χ1v) is 11.1. The Morgan fingerprint density at radius 3 is 2.26 bits per heavy atom. The Morgan fingerprint density at radius 2 is 1.51 bits per heavy atom. The van der Waals surface area contributed by atoms with Crippen LogP contribution in [0.15, 0.2) is 108 Å². The summed E-state index contributed by atoms with van der Waals surface area (Å²) < 4.78 is 11.2. The van der Waals surface area contributed by atoms with Gasteiger partial charge >= 0.3 is 5.97 Å². The number of ether oxygens (including phenoxy) is 2. The van der Waals surface area contributed by atoms with Crippen molar-refractivity contribution >= 4 is 18.1 Å². The van der Waals surface area contributed by atoms with Gasteiger partial charge in [0, 0.05) is 0 Å². The van der Waals surface area contributed by atoms with Gasteiger partial charge in [0.05, 0.1) is 17.3 Å². The molecule has 0 aliphatic rings. The molecular weight excluding hydrogens is 440 g/mol. The van der Waals surface area contributed by atoms with E-state index < -0.39 is 5.97 Å². The summed E-state index contributed by atoms with van der Waals surface area (Å²) in [6.45, 7) is 2.31. The highest BCUT2D eigenvalue weighted by Crippen LogP contribution is 2.19. The zero-order chi connectivity index (χ0) is 24.5.